The van der Waals surface area contributed by atoms with Crippen LogP contribution < -0.4 is 4.74 Å². The molecule has 0 N–H and O–H groups in total. The molecule has 39 heavy (non-hydrogen) atoms. The summed E-state index contributed by atoms with van der Waals surface area (Å²) in [7, 11) is 1.42. The topological polar surface area (TPSA) is 38.8 Å². The Morgan fingerprint density at radius 1 is 1.13 bits per heavy atom. The van der Waals surface area contributed by atoms with E-state index in [4.69, 9.17) is 21.1 Å². The highest BCUT2D eigenvalue weighted by Gasteiger charge is 2.43. The van der Waals surface area contributed by atoms with Gasteiger partial charge in [-0.15, -0.1) is 0 Å². The summed E-state index contributed by atoms with van der Waals surface area (Å²) in [5.41, 5.74) is 0.860. The second kappa shape index (κ2) is 10.6. The van der Waals surface area contributed by atoms with Crippen LogP contribution in [0.3, 0.4) is 0 Å². The summed E-state index contributed by atoms with van der Waals surface area (Å²) in [5.74, 6) is 0.137. The molecule has 212 valence electrons. The van der Waals surface area contributed by atoms with Crippen molar-refractivity contribution in [1.29, 1.82) is 0 Å². The van der Waals surface area contributed by atoms with Gasteiger partial charge < -0.3 is 9.47 Å². The van der Waals surface area contributed by atoms with Gasteiger partial charge >= 0.3 is 12.1 Å². The van der Waals surface area contributed by atoms with Crippen LogP contribution in [0.25, 0.3) is 0 Å². The molecule has 4 nitrogen and oxygen atoms in total. The van der Waals surface area contributed by atoms with E-state index < -0.39 is 28.6 Å². The number of halogens is 5. The summed E-state index contributed by atoms with van der Waals surface area (Å²) in [6.07, 6.45) is 0.658. The molecule has 1 spiro atoms. The van der Waals surface area contributed by atoms with Crippen molar-refractivity contribution in [3.8, 4) is 5.75 Å². The third kappa shape index (κ3) is 5.64. The smallest absolute Gasteiger partial charge is 0.416 e. The first-order valence-corrected chi connectivity index (χ1v) is 14.0. The summed E-state index contributed by atoms with van der Waals surface area (Å²) in [6.45, 7) is 4.77. The maximum absolute atomic E-state index is 14.8. The standard InChI is InChI=1S/C30H34ClF4NO3/c1-17(28(37)38-3)26(20-5-6-20)21-7-4-19-8-9-29(39-25(19)14-21)10-12-36(13-11-29)18(2)23-15-22(30(33,34)35)16-24(31)27(23)32/h4,7,14-18,20,26H,5-6,8-13H2,1-3H3/t17-,18?,26-/m0/s1. The predicted molar refractivity (Wildman–Crippen MR) is 140 cm³/mol. The molecular formula is C30H34ClF4NO3. The molecule has 3 atom stereocenters. The first-order valence-electron chi connectivity index (χ1n) is 13.6. The number of fused-ring (bicyclic) bond motifs is 1. The van der Waals surface area contributed by atoms with Crippen LogP contribution in [0, 0.1) is 17.7 Å². The fourth-order valence-electron chi connectivity index (χ4n) is 6.43. The number of hydrogen-bond acceptors (Lipinski definition) is 4. The summed E-state index contributed by atoms with van der Waals surface area (Å²) in [5, 5.41) is -0.519. The van der Waals surface area contributed by atoms with Crippen LogP contribution in [0.15, 0.2) is 30.3 Å². The highest BCUT2D eigenvalue weighted by atomic mass is 35.5. The number of esters is 1. The molecule has 9 heteroatoms. The summed E-state index contributed by atoms with van der Waals surface area (Å²) >= 11 is 5.84. The Morgan fingerprint density at radius 3 is 2.44 bits per heavy atom. The van der Waals surface area contributed by atoms with Crippen molar-refractivity contribution in [3.05, 3.63) is 63.4 Å². The van der Waals surface area contributed by atoms with Crippen molar-refractivity contribution in [2.24, 2.45) is 11.8 Å². The molecule has 0 aromatic heterocycles. The van der Waals surface area contributed by atoms with Crippen molar-refractivity contribution in [2.45, 2.75) is 76.1 Å². The Bertz CT molecular complexity index is 1240. The summed E-state index contributed by atoms with van der Waals surface area (Å²) in [4.78, 5) is 14.3. The SMILES string of the molecule is COC(=O)[C@@H](C)[C@H](c1ccc2c(c1)OC1(CC2)CCN(C(C)c2cc(C(F)(F)F)cc(Cl)c2F)CC1)C1CC1. The van der Waals surface area contributed by atoms with Crippen LogP contribution >= 0.6 is 11.6 Å². The van der Waals surface area contributed by atoms with Gasteiger partial charge in [0, 0.05) is 24.7 Å². The number of rotatable bonds is 6. The molecule has 2 fully saturated rings. The maximum Gasteiger partial charge on any atom is 0.416 e. The minimum atomic E-state index is -4.60. The molecule has 2 aliphatic heterocycles. The van der Waals surface area contributed by atoms with Gasteiger partial charge in [-0.25, -0.2) is 4.39 Å². The number of methoxy groups -OCH3 is 1. The van der Waals surface area contributed by atoms with Crippen molar-refractivity contribution in [1.82, 2.24) is 4.90 Å². The number of carbonyl (C=O) groups is 1. The monoisotopic (exact) mass is 567 g/mol. The molecule has 1 saturated heterocycles. The molecule has 0 bridgehead atoms. The zero-order valence-electron chi connectivity index (χ0n) is 22.4. The summed E-state index contributed by atoms with van der Waals surface area (Å²) in [6, 6.07) is 7.25. The Kier molecular flexibility index (Phi) is 7.66. The molecular weight excluding hydrogens is 534 g/mol. The van der Waals surface area contributed by atoms with Crippen LogP contribution in [-0.2, 0) is 22.1 Å². The molecule has 2 aromatic carbocycles. The Hall–Kier alpha value is -2.32. The second-order valence-corrected chi connectivity index (χ2v) is 11.8. The van der Waals surface area contributed by atoms with Gasteiger partial charge in [0.1, 0.15) is 17.2 Å². The van der Waals surface area contributed by atoms with Crippen LogP contribution in [0.4, 0.5) is 17.6 Å². The van der Waals surface area contributed by atoms with Crippen molar-refractivity contribution in [2.75, 3.05) is 20.2 Å². The Balaban J connectivity index is 1.31. The van der Waals surface area contributed by atoms with Gasteiger partial charge in [-0.3, -0.25) is 9.69 Å². The van der Waals surface area contributed by atoms with E-state index in [1.54, 1.807) is 6.92 Å². The minimum absolute atomic E-state index is 0.0452. The third-order valence-corrected chi connectivity index (χ3v) is 9.26. The van der Waals surface area contributed by atoms with Crippen molar-refractivity contribution < 1.29 is 31.8 Å². The lowest BCUT2D eigenvalue weighted by molar-refractivity contribution is -0.145. The van der Waals surface area contributed by atoms with E-state index in [0.29, 0.717) is 37.9 Å². The third-order valence-electron chi connectivity index (χ3n) is 8.98. The molecule has 3 aliphatic rings. The zero-order chi connectivity index (χ0) is 28.1. The highest BCUT2D eigenvalue weighted by molar-refractivity contribution is 6.30. The summed E-state index contributed by atoms with van der Waals surface area (Å²) < 4.78 is 66.5. The number of ether oxygens (including phenoxy) is 2. The number of benzene rings is 2. The Morgan fingerprint density at radius 2 is 1.82 bits per heavy atom. The second-order valence-electron chi connectivity index (χ2n) is 11.4. The van der Waals surface area contributed by atoms with Crippen LogP contribution in [0.5, 0.6) is 5.75 Å². The lowest BCUT2D eigenvalue weighted by Gasteiger charge is -2.46. The van der Waals surface area contributed by atoms with E-state index in [2.05, 4.69) is 18.2 Å². The maximum atomic E-state index is 14.8. The highest BCUT2D eigenvalue weighted by Crippen LogP contribution is 2.49. The number of carbonyl (C=O) groups excluding carboxylic acids is 1. The van der Waals surface area contributed by atoms with Crippen LogP contribution in [-0.4, -0.2) is 36.7 Å². The van der Waals surface area contributed by atoms with Gasteiger partial charge in [0.25, 0.3) is 0 Å². The average Bonchev–Trinajstić information content (AvgIpc) is 3.74. The molecule has 5 rings (SSSR count). The number of nitrogens with zero attached hydrogens (tertiary/aromatic N) is 1. The van der Waals surface area contributed by atoms with Crippen LogP contribution in [0.2, 0.25) is 5.02 Å². The quantitative estimate of drug-likeness (QED) is 0.265. The number of piperidine rings is 1. The minimum Gasteiger partial charge on any atom is -0.487 e. The predicted octanol–water partition coefficient (Wildman–Crippen LogP) is 7.72. The molecule has 0 amide bonds. The fourth-order valence-corrected chi connectivity index (χ4v) is 6.66. The van der Waals surface area contributed by atoms with E-state index in [9.17, 15) is 22.4 Å². The van der Waals surface area contributed by atoms with Crippen LogP contribution in [0.1, 0.15) is 80.2 Å². The van der Waals surface area contributed by atoms with Gasteiger partial charge in [0.05, 0.1) is 23.6 Å². The Labute approximate surface area is 231 Å². The number of likely N-dealkylation sites (tertiary alicyclic amines) is 1. The molecule has 2 heterocycles. The van der Waals surface area contributed by atoms with Gasteiger partial charge in [0.2, 0.25) is 0 Å². The average molecular weight is 568 g/mol. The van der Waals surface area contributed by atoms with Gasteiger partial charge in [-0.1, -0.05) is 30.7 Å². The number of alkyl halides is 3. The fraction of sp³-hybridized carbons (Fsp3) is 0.567. The first-order chi connectivity index (χ1) is 18.4. The lowest BCUT2D eigenvalue weighted by atomic mass is 9.80. The van der Waals surface area contributed by atoms with Gasteiger partial charge in [0.15, 0.2) is 0 Å². The van der Waals surface area contributed by atoms with Crippen molar-refractivity contribution in [3.63, 3.8) is 0 Å². The van der Waals surface area contributed by atoms with E-state index in [1.165, 1.54) is 7.11 Å². The molecule has 1 unspecified atom stereocenters. The zero-order valence-corrected chi connectivity index (χ0v) is 23.2. The van der Waals surface area contributed by atoms with E-state index in [-0.39, 0.29) is 29.0 Å². The van der Waals surface area contributed by atoms with Gasteiger partial charge in [-0.2, -0.15) is 13.2 Å². The molecule has 0 radical (unpaired) electrons. The first kappa shape index (κ1) is 28.2. The molecule has 2 aromatic rings. The lowest BCUT2D eigenvalue weighted by Crippen LogP contribution is -2.50. The van der Waals surface area contributed by atoms with E-state index in [0.717, 1.165) is 48.6 Å². The number of aryl methyl sites for hydroxylation is 1. The molecule has 1 saturated carbocycles. The number of hydrogen-bond donors (Lipinski definition) is 0. The van der Waals surface area contributed by atoms with Gasteiger partial charge in [-0.05, 0) is 86.6 Å². The van der Waals surface area contributed by atoms with E-state index in [1.807, 2.05) is 11.8 Å². The normalized spacial score (nSPS) is 21.5. The molecule has 1 aliphatic carbocycles. The largest absolute Gasteiger partial charge is 0.487 e. The van der Waals surface area contributed by atoms with E-state index >= 15 is 0 Å². The van der Waals surface area contributed by atoms with Crippen molar-refractivity contribution >= 4 is 17.6 Å².